The molecule has 1 aromatic carbocycles. The van der Waals surface area contributed by atoms with Gasteiger partial charge in [0.1, 0.15) is 18.0 Å². The second-order valence-corrected chi connectivity index (χ2v) is 11.3. The normalized spacial score (nSPS) is 17.1. The van der Waals surface area contributed by atoms with Crippen molar-refractivity contribution in [2.24, 2.45) is 0 Å². The monoisotopic (exact) mass is 579 g/mol. The molecule has 0 spiro atoms. The van der Waals surface area contributed by atoms with Crippen molar-refractivity contribution >= 4 is 40.4 Å². The third kappa shape index (κ3) is 5.15. The highest BCUT2D eigenvalue weighted by molar-refractivity contribution is 6.35. The van der Waals surface area contributed by atoms with Crippen LogP contribution < -0.4 is 20.1 Å². The molecule has 0 radical (unpaired) electrons. The number of hydrogen-bond acceptors (Lipinski definition) is 9. The lowest BCUT2D eigenvalue weighted by molar-refractivity contribution is 0.101. The molecule has 5 rings (SSSR count). The number of nitriles is 1. The van der Waals surface area contributed by atoms with Crippen LogP contribution in [0.5, 0.6) is 11.5 Å². The molecule has 2 aliphatic heterocycles. The highest BCUT2D eigenvalue weighted by Gasteiger charge is 2.45. The molecule has 0 unspecified atom stereocenters. The maximum Gasteiger partial charge on any atom is 0.162 e. The number of ether oxygens (including phenoxy) is 2. The Balaban J connectivity index is 1.40. The molecule has 40 heavy (non-hydrogen) atoms. The maximum atomic E-state index is 9.94. The van der Waals surface area contributed by atoms with Crippen molar-refractivity contribution in [1.82, 2.24) is 14.9 Å². The van der Waals surface area contributed by atoms with E-state index in [1.807, 2.05) is 0 Å². The zero-order valence-electron chi connectivity index (χ0n) is 22.7. The van der Waals surface area contributed by atoms with Gasteiger partial charge in [-0.05, 0) is 51.9 Å². The van der Waals surface area contributed by atoms with Crippen LogP contribution in [0.1, 0.15) is 55.0 Å². The van der Waals surface area contributed by atoms with Crippen LogP contribution in [-0.2, 0) is 0 Å². The number of rotatable bonds is 8. The number of nitrogens with two attached hydrogens (primary N) is 1. The van der Waals surface area contributed by atoms with E-state index in [1.165, 1.54) is 32.3 Å². The first-order chi connectivity index (χ1) is 19.1. The van der Waals surface area contributed by atoms with E-state index in [-0.39, 0.29) is 11.3 Å². The third-order valence-corrected chi connectivity index (χ3v) is 8.32. The summed E-state index contributed by atoms with van der Waals surface area (Å²) in [5.41, 5.74) is 8.77. The fraction of sp³-hybridized carbons (Fsp3) is 0.379. The molecule has 4 heterocycles. The van der Waals surface area contributed by atoms with E-state index < -0.39 is 6.10 Å². The second kappa shape index (κ2) is 11.1. The van der Waals surface area contributed by atoms with Crippen molar-refractivity contribution in [1.29, 1.82) is 10.7 Å². The zero-order chi connectivity index (χ0) is 28.6. The largest absolute Gasteiger partial charge is 0.493 e. The number of nitrogen functional groups attached to an aromatic ring is 1. The molecule has 3 aromatic rings. The van der Waals surface area contributed by atoms with Gasteiger partial charge in [0.15, 0.2) is 11.5 Å². The Hall–Kier alpha value is -3.58. The average molecular weight is 581 g/mol. The lowest BCUT2D eigenvalue weighted by atomic mass is 9.89. The Morgan fingerprint density at radius 2 is 1.80 bits per heavy atom. The van der Waals surface area contributed by atoms with Crippen molar-refractivity contribution in [3.05, 3.63) is 69.1 Å². The Kier molecular flexibility index (Phi) is 7.78. The van der Waals surface area contributed by atoms with Crippen LogP contribution in [0.15, 0.2) is 36.8 Å². The Morgan fingerprint density at radius 3 is 2.42 bits per heavy atom. The van der Waals surface area contributed by atoms with E-state index in [0.29, 0.717) is 55.3 Å². The van der Waals surface area contributed by atoms with Gasteiger partial charge in [0.2, 0.25) is 0 Å². The predicted octanol–water partition coefficient (Wildman–Crippen LogP) is 5.48. The molecule has 2 saturated heterocycles. The van der Waals surface area contributed by atoms with Crippen molar-refractivity contribution in [2.45, 2.75) is 38.3 Å². The maximum absolute atomic E-state index is 9.94. The highest BCUT2D eigenvalue weighted by atomic mass is 35.5. The number of aromatic nitrogens is 2. The molecule has 2 fully saturated rings. The van der Waals surface area contributed by atoms with E-state index in [2.05, 4.69) is 32.8 Å². The Bertz CT molecular complexity index is 1470. The van der Waals surface area contributed by atoms with Gasteiger partial charge in [0, 0.05) is 60.1 Å². The van der Waals surface area contributed by atoms with E-state index in [9.17, 15) is 5.26 Å². The Morgan fingerprint density at radius 1 is 1.12 bits per heavy atom. The van der Waals surface area contributed by atoms with Gasteiger partial charge in [-0.15, -0.1) is 0 Å². The van der Waals surface area contributed by atoms with Gasteiger partial charge in [-0.3, -0.25) is 15.3 Å². The quantitative estimate of drug-likeness (QED) is 0.265. The first kappa shape index (κ1) is 28.0. The average Bonchev–Trinajstić information content (AvgIpc) is 3.47. The highest BCUT2D eigenvalue weighted by Crippen LogP contribution is 2.39. The molecule has 2 aliphatic rings. The minimum atomic E-state index is -0.545. The standard InChI is InChI=1S/C29H31Cl2N7O2/c1-17(26-21(30)13-35-14-22(26)31)40-25-9-20(23(33)10-24(25)39-3)27(34)19-8-18(11-32)28(36-12-19)37-15-29(2,16-37)38-6-4-5-7-38/h8-10,12-14,17,34H,4-7,15-16,33H2,1-3H3/t17-/m1/s1. The first-order valence-electron chi connectivity index (χ1n) is 13.1. The van der Waals surface area contributed by atoms with Crippen LogP contribution in [0, 0.1) is 16.7 Å². The summed E-state index contributed by atoms with van der Waals surface area (Å²) < 4.78 is 11.7. The smallest absolute Gasteiger partial charge is 0.162 e. The second-order valence-electron chi connectivity index (χ2n) is 10.5. The van der Waals surface area contributed by atoms with Gasteiger partial charge in [0.25, 0.3) is 0 Å². The van der Waals surface area contributed by atoms with Crippen molar-refractivity contribution in [2.75, 3.05) is 43.9 Å². The van der Waals surface area contributed by atoms with Crippen LogP contribution in [0.4, 0.5) is 11.5 Å². The van der Waals surface area contributed by atoms with E-state index in [0.717, 1.165) is 26.2 Å². The van der Waals surface area contributed by atoms with Crippen LogP contribution in [0.2, 0.25) is 10.0 Å². The molecule has 0 aliphatic carbocycles. The number of methoxy groups -OCH3 is 1. The van der Waals surface area contributed by atoms with Crippen molar-refractivity contribution in [3.63, 3.8) is 0 Å². The summed E-state index contributed by atoms with van der Waals surface area (Å²) in [4.78, 5) is 13.3. The van der Waals surface area contributed by atoms with Gasteiger partial charge in [-0.1, -0.05) is 23.2 Å². The predicted molar refractivity (Wildman–Crippen MR) is 157 cm³/mol. The molecule has 11 heteroatoms. The molecule has 9 nitrogen and oxygen atoms in total. The molecule has 1 atom stereocenters. The van der Waals surface area contributed by atoms with Crippen LogP contribution >= 0.6 is 23.2 Å². The Labute approximate surface area is 243 Å². The number of pyridine rings is 2. The third-order valence-electron chi connectivity index (χ3n) is 7.71. The zero-order valence-corrected chi connectivity index (χ0v) is 24.2. The van der Waals surface area contributed by atoms with Gasteiger partial charge in [-0.25, -0.2) is 4.98 Å². The van der Waals surface area contributed by atoms with E-state index >= 15 is 0 Å². The molecular weight excluding hydrogens is 549 g/mol. The summed E-state index contributed by atoms with van der Waals surface area (Å²) in [5.74, 6) is 1.40. The molecule has 3 N–H and O–H groups in total. The molecule has 0 saturated carbocycles. The van der Waals surface area contributed by atoms with Gasteiger partial charge in [-0.2, -0.15) is 5.26 Å². The van der Waals surface area contributed by atoms with Crippen LogP contribution in [-0.4, -0.2) is 59.4 Å². The fourth-order valence-corrected chi connectivity index (χ4v) is 6.24. The summed E-state index contributed by atoms with van der Waals surface area (Å²) in [7, 11) is 1.51. The summed E-state index contributed by atoms with van der Waals surface area (Å²) in [6, 6.07) is 7.21. The van der Waals surface area contributed by atoms with E-state index in [1.54, 1.807) is 31.3 Å². The number of likely N-dealkylation sites (tertiary alicyclic amines) is 1. The van der Waals surface area contributed by atoms with Crippen molar-refractivity contribution < 1.29 is 9.47 Å². The summed E-state index contributed by atoms with van der Waals surface area (Å²) >= 11 is 12.7. The summed E-state index contributed by atoms with van der Waals surface area (Å²) in [6.45, 7) is 7.96. The van der Waals surface area contributed by atoms with Gasteiger partial charge < -0.3 is 20.1 Å². The van der Waals surface area contributed by atoms with Gasteiger partial charge in [0.05, 0.1) is 34.0 Å². The first-order valence-corrected chi connectivity index (χ1v) is 13.8. The molecule has 0 bridgehead atoms. The number of nitrogens with zero attached hydrogens (tertiary/aromatic N) is 5. The molecule has 208 valence electrons. The lowest BCUT2D eigenvalue weighted by Crippen LogP contribution is -2.68. The van der Waals surface area contributed by atoms with Crippen molar-refractivity contribution in [3.8, 4) is 17.6 Å². The van der Waals surface area contributed by atoms with E-state index in [4.69, 9.17) is 43.8 Å². The SMILES string of the molecule is COc1cc(N)c(C(=N)c2cnc(N3CC(C)(N4CCCC4)C3)c(C#N)c2)cc1O[C@H](C)c1c(Cl)cncc1Cl. The molecule has 2 aromatic heterocycles. The topological polar surface area (TPSA) is 124 Å². The minimum absolute atomic E-state index is 0.103. The van der Waals surface area contributed by atoms with Crippen LogP contribution in [0.3, 0.4) is 0 Å². The molecule has 0 amide bonds. The number of halogens is 2. The number of nitrogens with one attached hydrogen (secondary N) is 1. The van der Waals surface area contributed by atoms with Gasteiger partial charge >= 0.3 is 0 Å². The fourth-order valence-electron chi connectivity index (χ4n) is 5.57. The van der Waals surface area contributed by atoms with Crippen LogP contribution in [0.25, 0.3) is 0 Å². The summed E-state index contributed by atoms with van der Waals surface area (Å²) in [5, 5.41) is 19.6. The lowest BCUT2D eigenvalue weighted by Gasteiger charge is -2.53. The number of hydrogen-bond donors (Lipinski definition) is 2. The molecular formula is C29H31Cl2N7O2. The minimum Gasteiger partial charge on any atom is -0.493 e. The number of benzene rings is 1. The summed E-state index contributed by atoms with van der Waals surface area (Å²) in [6.07, 6.45) is 6.55. The number of anilines is 2.